The van der Waals surface area contributed by atoms with Crippen LogP contribution in [-0.2, 0) is 4.79 Å². The van der Waals surface area contributed by atoms with Gasteiger partial charge in [-0.15, -0.1) is 0 Å². The number of aromatic nitrogens is 1. The summed E-state index contributed by atoms with van der Waals surface area (Å²) in [6.45, 7) is 1.94. The van der Waals surface area contributed by atoms with E-state index in [4.69, 9.17) is 4.42 Å². The van der Waals surface area contributed by atoms with Gasteiger partial charge in [0, 0.05) is 36.8 Å². The molecule has 0 aliphatic carbocycles. The second kappa shape index (κ2) is 5.97. The molecule has 4 rings (SSSR count). The van der Waals surface area contributed by atoms with E-state index >= 15 is 0 Å². The molecule has 0 aromatic carbocycles. The lowest BCUT2D eigenvalue weighted by Gasteiger charge is -2.25. The monoisotopic (exact) mass is 368 g/mol. The maximum absolute atomic E-state index is 12.4. The lowest BCUT2D eigenvalue weighted by Crippen LogP contribution is -2.45. The molecule has 10 heteroatoms. The van der Waals surface area contributed by atoms with Crippen molar-refractivity contribution in [2.45, 2.75) is 25.2 Å². The van der Waals surface area contributed by atoms with Crippen LogP contribution in [0.25, 0.3) is 11.0 Å². The van der Waals surface area contributed by atoms with Crippen molar-refractivity contribution in [3.8, 4) is 0 Å². The number of alkyl halides is 3. The number of furan rings is 1. The first-order valence-corrected chi connectivity index (χ1v) is 8.12. The number of nitrogens with one attached hydrogen (secondary N) is 2. The number of carbonyl (C=O) groups is 2. The van der Waals surface area contributed by atoms with Crippen LogP contribution >= 0.6 is 0 Å². The fourth-order valence-corrected chi connectivity index (χ4v) is 3.48. The Labute approximate surface area is 145 Å². The highest BCUT2D eigenvalue weighted by Crippen LogP contribution is 2.31. The molecule has 0 radical (unpaired) electrons. The Hall–Kier alpha value is -2.62. The summed E-state index contributed by atoms with van der Waals surface area (Å²) >= 11 is 0. The lowest BCUT2D eigenvalue weighted by molar-refractivity contribution is -0.167. The van der Waals surface area contributed by atoms with Gasteiger partial charge in [0.1, 0.15) is 11.3 Å². The number of halogens is 3. The second-order valence-corrected chi connectivity index (χ2v) is 6.54. The van der Waals surface area contributed by atoms with Crippen molar-refractivity contribution in [3.63, 3.8) is 0 Å². The average Bonchev–Trinajstić information content (AvgIpc) is 3.27. The summed E-state index contributed by atoms with van der Waals surface area (Å²) in [5, 5.41) is 4.92. The Morgan fingerprint density at radius 2 is 2.12 bits per heavy atom. The van der Waals surface area contributed by atoms with Gasteiger partial charge in [0.2, 0.25) is 5.88 Å². The average molecular weight is 368 g/mol. The molecule has 0 saturated carbocycles. The Morgan fingerprint density at radius 3 is 2.77 bits per heavy atom. The largest absolute Gasteiger partial charge is 0.471 e. The van der Waals surface area contributed by atoms with Crippen LogP contribution in [0.3, 0.4) is 0 Å². The van der Waals surface area contributed by atoms with Crippen molar-refractivity contribution in [2.24, 2.45) is 5.92 Å². The number of nitrogens with zero attached hydrogens (tertiary/aromatic N) is 2. The minimum Gasteiger partial charge on any atom is -0.440 e. The van der Waals surface area contributed by atoms with Crippen molar-refractivity contribution in [1.82, 2.24) is 15.2 Å². The normalized spacial score (nSPS) is 24.8. The van der Waals surface area contributed by atoms with Gasteiger partial charge in [-0.2, -0.15) is 13.2 Å². The predicted octanol–water partition coefficient (Wildman–Crippen LogP) is 2.11. The molecule has 3 unspecified atom stereocenters. The first kappa shape index (κ1) is 16.8. The summed E-state index contributed by atoms with van der Waals surface area (Å²) in [6, 6.07) is 2.56. The zero-order valence-electron chi connectivity index (χ0n) is 13.5. The van der Waals surface area contributed by atoms with E-state index in [1.54, 1.807) is 5.32 Å². The topological polar surface area (TPSA) is 87.5 Å². The predicted molar refractivity (Wildman–Crippen MR) is 84.2 cm³/mol. The minimum atomic E-state index is -5.02. The maximum Gasteiger partial charge on any atom is 0.471 e. The molecular formula is C16H15F3N4O3. The van der Waals surface area contributed by atoms with E-state index < -0.39 is 12.1 Å². The van der Waals surface area contributed by atoms with E-state index in [1.165, 1.54) is 18.3 Å². The Morgan fingerprint density at radius 1 is 1.31 bits per heavy atom. The molecule has 2 bridgehead atoms. The zero-order valence-corrected chi connectivity index (χ0v) is 13.5. The molecule has 2 amide bonds. The number of anilines is 1. The van der Waals surface area contributed by atoms with E-state index in [2.05, 4.69) is 15.2 Å². The SMILES string of the molecule is O=C(NC1CC2CCN1C2)c1cc2oc(NC(=O)C(F)(F)F)cc2cn1. The number of fused-ring (bicyclic) bond motifs is 3. The van der Waals surface area contributed by atoms with Gasteiger partial charge in [0.25, 0.3) is 5.91 Å². The minimum absolute atomic E-state index is 0.0167. The van der Waals surface area contributed by atoms with Gasteiger partial charge < -0.3 is 9.73 Å². The van der Waals surface area contributed by atoms with Crippen molar-refractivity contribution in [3.05, 3.63) is 24.0 Å². The molecule has 2 saturated heterocycles. The third-order valence-corrected chi connectivity index (χ3v) is 4.74. The van der Waals surface area contributed by atoms with Crippen LogP contribution in [0.15, 0.2) is 22.7 Å². The standard InChI is InChI=1S/C16H15F3N4O3/c17-16(18,19)15(25)22-13-4-9-6-20-10(5-11(9)26-13)14(24)21-12-3-8-1-2-23(12)7-8/h4-6,8,12H,1-3,7H2,(H,21,24)(H,22,25). The highest BCUT2D eigenvalue weighted by Gasteiger charge is 2.39. The van der Waals surface area contributed by atoms with Crippen molar-refractivity contribution in [1.29, 1.82) is 0 Å². The molecular weight excluding hydrogens is 353 g/mol. The van der Waals surface area contributed by atoms with Gasteiger partial charge >= 0.3 is 12.1 Å². The summed E-state index contributed by atoms with van der Waals surface area (Å²) in [5.74, 6) is -2.25. The number of amides is 2. The van der Waals surface area contributed by atoms with Crippen LogP contribution in [0.4, 0.5) is 19.1 Å². The molecule has 2 aliphatic heterocycles. The number of rotatable bonds is 3. The fraction of sp³-hybridized carbons (Fsp3) is 0.438. The number of hydrogen-bond acceptors (Lipinski definition) is 5. The van der Waals surface area contributed by atoms with Crippen LogP contribution in [0.1, 0.15) is 23.3 Å². The van der Waals surface area contributed by atoms with E-state index in [0.29, 0.717) is 11.3 Å². The molecule has 2 N–H and O–H groups in total. The van der Waals surface area contributed by atoms with Gasteiger partial charge in [0.05, 0.1) is 6.17 Å². The number of carbonyl (C=O) groups excluding carboxylic acids is 2. The van der Waals surface area contributed by atoms with Gasteiger partial charge in [0.15, 0.2) is 0 Å². The third-order valence-electron chi connectivity index (χ3n) is 4.74. The van der Waals surface area contributed by atoms with Crippen molar-refractivity contribution in [2.75, 3.05) is 18.4 Å². The fourth-order valence-electron chi connectivity index (χ4n) is 3.48. The molecule has 2 fully saturated rings. The molecule has 7 nitrogen and oxygen atoms in total. The van der Waals surface area contributed by atoms with Gasteiger partial charge in [-0.25, -0.2) is 0 Å². The van der Waals surface area contributed by atoms with Crippen molar-refractivity contribution < 1.29 is 27.2 Å². The van der Waals surface area contributed by atoms with Gasteiger partial charge in [-0.05, 0) is 18.8 Å². The van der Waals surface area contributed by atoms with Crippen LogP contribution in [-0.4, -0.2) is 47.1 Å². The Bertz CT molecular complexity index is 879. The summed E-state index contributed by atoms with van der Waals surface area (Å²) in [5.41, 5.74) is 0.264. The Kier molecular flexibility index (Phi) is 3.87. The molecule has 26 heavy (non-hydrogen) atoms. The number of hydrogen-bond donors (Lipinski definition) is 2. The number of piperidine rings is 1. The molecule has 2 aliphatic rings. The molecule has 2 aromatic rings. The first-order chi connectivity index (χ1) is 12.3. The van der Waals surface area contributed by atoms with Crippen LogP contribution < -0.4 is 10.6 Å². The van der Waals surface area contributed by atoms with Crippen LogP contribution in [0, 0.1) is 5.92 Å². The van der Waals surface area contributed by atoms with Crippen LogP contribution in [0.5, 0.6) is 0 Å². The zero-order chi connectivity index (χ0) is 18.5. The molecule has 2 aromatic heterocycles. The Balaban J connectivity index is 1.48. The van der Waals surface area contributed by atoms with E-state index in [9.17, 15) is 22.8 Å². The summed E-state index contributed by atoms with van der Waals surface area (Å²) in [7, 11) is 0. The van der Waals surface area contributed by atoms with E-state index in [-0.39, 0.29) is 29.2 Å². The summed E-state index contributed by atoms with van der Waals surface area (Å²) < 4.78 is 42.1. The van der Waals surface area contributed by atoms with E-state index in [1.807, 2.05) is 0 Å². The van der Waals surface area contributed by atoms with Gasteiger partial charge in [-0.3, -0.25) is 24.8 Å². The quantitative estimate of drug-likeness (QED) is 0.867. The summed E-state index contributed by atoms with van der Waals surface area (Å²) in [4.78, 5) is 29.6. The lowest BCUT2D eigenvalue weighted by atomic mass is 10.0. The number of pyridine rings is 1. The maximum atomic E-state index is 12.4. The highest BCUT2D eigenvalue weighted by atomic mass is 19.4. The summed E-state index contributed by atoms with van der Waals surface area (Å²) in [6.07, 6.45) is -1.66. The molecule has 0 spiro atoms. The van der Waals surface area contributed by atoms with E-state index in [0.717, 1.165) is 25.9 Å². The highest BCUT2D eigenvalue weighted by molar-refractivity contribution is 5.98. The second-order valence-electron chi connectivity index (χ2n) is 6.54. The molecule has 3 atom stereocenters. The smallest absolute Gasteiger partial charge is 0.440 e. The molecule has 4 heterocycles. The van der Waals surface area contributed by atoms with Gasteiger partial charge in [-0.1, -0.05) is 0 Å². The third kappa shape index (κ3) is 3.12. The van der Waals surface area contributed by atoms with Crippen LogP contribution in [0.2, 0.25) is 0 Å². The first-order valence-electron chi connectivity index (χ1n) is 8.12. The molecule has 138 valence electrons. The van der Waals surface area contributed by atoms with Crippen molar-refractivity contribution >= 4 is 28.7 Å².